The smallest absolute Gasteiger partial charge is 0.232 e. The molecule has 0 aliphatic carbocycles. The standard InChI is InChI=1S/C22H30N2O7S/c1-28-18-9-6-8-17(14-18)24(32(5,26)27)11-7-10-21(25)23-15-16-12-19(29-2)22(31-4)20(13-16)30-3/h6,8-9,12-14H,7,10-11,15H2,1-5H3,(H,23,25). The quantitative estimate of drug-likeness (QED) is 0.513. The van der Waals surface area contributed by atoms with Crippen molar-refractivity contribution in [2.24, 2.45) is 0 Å². The van der Waals surface area contributed by atoms with Crippen LogP contribution < -0.4 is 28.6 Å². The van der Waals surface area contributed by atoms with Gasteiger partial charge in [-0.25, -0.2) is 8.42 Å². The number of carbonyl (C=O) groups excluding carboxylic acids is 1. The SMILES string of the molecule is COc1cccc(N(CCCC(=O)NCc2cc(OC)c(OC)c(OC)c2)S(C)(=O)=O)c1. The summed E-state index contributed by atoms with van der Waals surface area (Å²) in [6, 6.07) is 10.3. The first-order valence-electron chi connectivity index (χ1n) is 9.90. The Labute approximate surface area is 189 Å². The molecule has 0 aromatic heterocycles. The topological polar surface area (TPSA) is 103 Å². The van der Waals surface area contributed by atoms with Gasteiger partial charge in [0.05, 0.1) is 40.4 Å². The molecule has 10 heteroatoms. The highest BCUT2D eigenvalue weighted by molar-refractivity contribution is 7.92. The molecule has 0 unspecified atom stereocenters. The Morgan fingerprint density at radius 3 is 2.16 bits per heavy atom. The third-order valence-corrected chi connectivity index (χ3v) is 5.91. The monoisotopic (exact) mass is 466 g/mol. The van der Waals surface area contributed by atoms with E-state index in [2.05, 4.69) is 5.32 Å². The minimum Gasteiger partial charge on any atom is -0.497 e. The second-order valence-corrected chi connectivity index (χ2v) is 8.86. The average molecular weight is 467 g/mol. The summed E-state index contributed by atoms with van der Waals surface area (Å²) in [5, 5.41) is 2.83. The van der Waals surface area contributed by atoms with E-state index < -0.39 is 10.0 Å². The maximum Gasteiger partial charge on any atom is 0.232 e. The van der Waals surface area contributed by atoms with Gasteiger partial charge < -0.3 is 24.3 Å². The van der Waals surface area contributed by atoms with E-state index in [4.69, 9.17) is 18.9 Å². The number of ether oxygens (including phenoxy) is 4. The van der Waals surface area contributed by atoms with Crippen LogP contribution in [0, 0.1) is 0 Å². The fourth-order valence-electron chi connectivity index (χ4n) is 3.16. The van der Waals surface area contributed by atoms with E-state index in [0.29, 0.717) is 35.1 Å². The number of sulfonamides is 1. The number of carbonyl (C=O) groups is 1. The normalized spacial score (nSPS) is 10.9. The predicted molar refractivity (Wildman–Crippen MR) is 122 cm³/mol. The van der Waals surface area contributed by atoms with Crippen molar-refractivity contribution in [1.29, 1.82) is 0 Å². The predicted octanol–water partition coefficient (Wildman–Crippen LogP) is 2.58. The maximum absolute atomic E-state index is 12.3. The van der Waals surface area contributed by atoms with Gasteiger partial charge in [-0.05, 0) is 36.2 Å². The van der Waals surface area contributed by atoms with Crippen LogP contribution in [0.2, 0.25) is 0 Å². The summed E-state index contributed by atoms with van der Waals surface area (Å²) in [6.07, 6.45) is 1.66. The van der Waals surface area contributed by atoms with Gasteiger partial charge in [-0.2, -0.15) is 0 Å². The molecule has 0 fully saturated rings. The van der Waals surface area contributed by atoms with Crippen LogP contribution in [0.1, 0.15) is 18.4 Å². The summed E-state index contributed by atoms with van der Waals surface area (Å²) < 4.78 is 46.9. The van der Waals surface area contributed by atoms with Gasteiger partial charge >= 0.3 is 0 Å². The molecule has 176 valence electrons. The molecule has 0 atom stereocenters. The molecule has 2 aromatic rings. The number of anilines is 1. The highest BCUT2D eigenvalue weighted by Gasteiger charge is 2.18. The molecule has 0 saturated carbocycles. The van der Waals surface area contributed by atoms with E-state index in [-0.39, 0.29) is 25.4 Å². The number of rotatable bonds is 12. The van der Waals surface area contributed by atoms with Crippen LogP contribution in [-0.4, -0.2) is 55.6 Å². The Bertz CT molecular complexity index is 1000. The van der Waals surface area contributed by atoms with Crippen LogP contribution in [0.3, 0.4) is 0 Å². The van der Waals surface area contributed by atoms with Crippen LogP contribution in [0.4, 0.5) is 5.69 Å². The van der Waals surface area contributed by atoms with Crippen LogP contribution in [0.15, 0.2) is 36.4 Å². The Hall–Kier alpha value is -3.14. The minimum atomic E-state index is -3.51. The summed E-state index contributed by atoms with van der Waals surface area (Å²) in [4.78, 5) is 12.3. The van der Waals surface area contributed by atoms with Crippen molar-refractivity contribution in [2.45, 2.75) is 19.4 Å². The van der Waals surface area contributed by atoms with E-state index in [9.17, 15) is 13.2 Å². The van der Waals surface area contributed by atoms with Crippen molar-refractivity contribution in [1.82, 2.24) is 5.32 Å². The Balaban J connectivity index is 1.97. The molecule has 2 rings (SSSR count). The molecule has 0 bridgehead atoms. The van der Waals surface area contributed by atoms with Crippen LogP contribution >= 0.6 is 0 Å². The fourth-order valence-corrected chi connectivity index (χ4v) is 4.12. The molecule has 0 aliphatic rings. The first kappa shape index (κ1) is 25.1. The minimum absolute atomic E-state index is 0.167. The molecule has 32 heavy (non-hydrogen) atoms. The Kier molecular flexibility index (Phi) is 9.01. The van der Waals surface area contributed by atoms with E-state index in [1.807, 2.05) is 0 Å². The summed E-state index contributed by atoms with van der Waals surface area (Å²) in [6.45, 7) is 0.435. The molecular formula is C22H30N2O7S. The molecule has 0 radical (unpaired) electrons. The van der Waals surface area contributed by atoms with Crippen molar-refractivity contribution in [2.75, 3.05) is 45.5 Å². The van der Waals surface area contributed by atoms with Crippen molar-refractivity contribution in [3.63, 3.8) is 0 Å². The molecule has 0 heterocycles. The number of nitrogens with one attached hydrogen (secondary N) is 1. The maximum atomic E-state index is 12.3. The highest BCUT2D eigenvalue weighted by atomic mass is 32.2. The van der Waals surface area contributed by atoms with Gasteiger partial charge in [0.1, 0.15) is 5.75 Å². The zero-order valence-corrected chi connectivity index (χ0v) is 19.8. The van der Waals surface area contributed by atoms with Crippen LogP contribution in [-0.2, 0) is 21.4 Å². The number of benzene rings is 2. The number of methoxy groups -OCH3 is 4. The number of amides is 1. The lowest BCUT2D eigenvalue weighted by molar-refractivity contribution is -0.121. The Morgan fingerprint density at radius 1 is 0.969 bits per heavy atom. The molecule has 9 nitrogen and oxygen atoms in total. The summed E-state index contributed by atoms with van der Waals surface area (Å²) >= 11 is 0. The number of hydrogen-bond acceptors (Lipinski definition) is 7. The molecule has 1 amide bonds. The summed E-state index contributed by atoms with van der Waals surface area (Å²) in [7, 11) is 2.57. The third kappa shape index (κ3) is 6.68. The zero-order chi connectivity index (χ0) is 23.7. The lowest BCUT2D eigenvalue weighted by atomic mass is 10.1. The van der Waals surface area contributed by atoms with E-state index in [0.717, 1.165) is 11.8 Å². The lowest BCUT2D eigenvalue weighted by Crippen LogP contribution is -2.32. The second-order valence-electron chi connectivity index (χ2n) is 6.95. The fraction of sp³-hybridized carbons (Fsp3) is 0.409. The summed E-state index contributed by atoms with van der Waals surface area (Å²) in [5.74, 6) is 1.83. The van der Waals surface area contributed by atoms with E-state index in [1.54, 1.807) is 36.4 Å². The molecule has 0 saturated heterocycles. The van der Waals surface area contributed by atoms with Crippen LogP contribution in [0.25, 0.3) is 0 Å². The van der Waals surface area contributed by atoms with Gasteiger partial charge in [-0.15, -0.1) is 0 Å². The highest BCUT2D eigenvalue weighted by Crippen LogP contribution is 2.38. The first-order chi connectivity index (χ1) is 15.2. The van der Waals surface area contributed by atoms with Crippen LogP contribution in [0.5, 0.6) is 23.0 Å². The lowest BCUT2D eigenvalue weighted by Gasteiger charge is -2.22. The first-order valence-corrected chi connectivity index (χ1v) is 11.8. The van der Waals surface area contributed by atoms with Crippen molar-refractivity contribution < 1.29 is 32.2 Å². The summed E-state index contributed by atoms with van der Waals surface area (Å²) in [5.41, 5.74) is 1.27. The van der Waals surface area contributed by atoms with Gasteiger partial charge in [0.25, 0.3) is 0 Å². The third-order valence-electron chi connectivity index (χ3n) is 4.72. The molecule has 0 aliphatic heterocycles. The van der Waals surface area contributed by atoms with Gasteiger partial charge in [-0.1, -0.05) is 6.07 Å². The Morgan fingerprint density at radius 2 is 1.62 bits per heavy atom. The molecular weight excluding hydrogens is 436 g/mol. The van der Waals surface area contributed by atoms with Crippen molar-refractivity contribution in [3.05, 3.63) is 42.0 Å². The largest absolute Gasteiger partial charge is 0.497 e. The number of nitrogens with zero attached hydrogens (tertiary/aromatic N) is 1. The molecule has 1 N–H and O–H groups in total. The van der Waals surface area contributed by atoms with Crippen molar-refractivity contribution >= 4 is 21.6 Å². The molecule has 2 aromatic carbocycles. The van der Waals surface area contributed by atoms with Gasteiger partial charge in [0.15, 0.2) is 11.5 Å². The second kappa shape index (κ2) is 11.5. The van der Waals surface area contributed by atoms with Gasteiger partial charge in [0.2, 0.25) is 21.7 Å². The van der Waals surface area contributed by atoms with Gasteiger partial charge in [0, 0.05) is 25.6 Å². The number of hydrogen-bond donors (Lipinski definition) is 1. The van der Waals surface area contributed by atoms with Gasteiger partial charge in [-0.3, -0.25) is 9.10 Å². The van der Waals surface area contributed by atoms with E-state index in [1.165, 1.54) is 32.7 Å². The van der Waals surface area contributed by atoms with E-state index >= 15 is 0 Å². The zero-order valence-electron chi connectivity index (χ0n) is 19.0. The molecule has 0 spiro atoms. The van der Waals surface area contributed by atoms with Crippen molar-refractivity contribution in [3.8, 4) is 23.0 Å². The average Bonchev–Trinajstić information content (AvgIpc) is 2.78.